The molecule has 5 heteroatoms. The molecule has 1 aromatic heterocycles. The first-order valence-electron chi connectivity index (χ1n) is 8.72. The van der Waals surface area contributed by atoms with Gasteiger partial charge >= 0.3 is 6.09 Å². The van der Waals surface area contributed by atoms with Crippen LogP contribution in [0.5, 0.6) is 0 Å². The Balaban J connectivity index is 1.94. The molecular weight excluding hydrogens is 304 g/mol. The molecule has 3 rings (SSSR count). The molecule has 0 bridgehead atoms. The zero-order valence-corrected chi connectivity index (χ0v) is 15.6. The third-order valence-corrected chi connectivity index (χ3v) is 5.39. The average molecular weight is 332 g/mol. The lowest BCUT2D eigenvalue weighted by atomic mass is 9.57. The highest BCUT2D eigenvalue weighted by Gasteiger charge is 2.51. The van der Waals surface area contributed by atoms with Gasteiger partial charge in [0.1, 0.15) is 11.4 Å². The van der Waals surface area contributed by atoms with Crippen molar-refractivity contribution < 1.29 is 14.1 Å². The fraction of sp³-hybridized carbons (Fsp3) is 0.684. The maximum atomic E-state index is 12.5. The van der Waals surface area contributed by atoms with Gasteiger partial charge in [-0.15, -0.1) is 0 Å². The van der Waals surface area contributed by atoms with E-state index in [0.29, 0.717) is 13.1 Å². The fourth-order valence-electron chi connectivity index (χ4n) is 4.26. The van der Waals surface area contributed by atoms with Crippen molar-refractivity contribution in [3.63, 3.8) is 0 Å². The van der Waals surface area contributed by atoms with Gasteiger partial charge < -0.3 is 14.2 Å². The summed E-state index contributed by atoms with van der Waals surface area (Å²) >= 11 is 0. The number of fused-ring (bicyclic) bond motifs is 2. The van der Waals surface area contributed by atoms with Crippen LogP contribution in [0, 0.1) is 5.41 Å². The SMILES string of the molecule is CC[C@@]1(C)C2=CCN(C(=O)OC(C)(C)C)C[C@]2(C)Cc2cnoc21. The minimum absolute atomic E-state index is 0.113. The molecule has 2 heterocycles. The van der Waals surface area contributed by atoms with E-state index in [1.807, 2.05) is 31.9 Å². The molecule has 2 atom stereocenters. The van der Waals surface area contributed by atoms with Gasteiger partial charge in [-0.2, -0.15) is 0 Å². The maximum Gasteiger partial charge on any atom is 0.410 e. The van der Waals surface area contributed by atoms with E-state index in [-0.39, 0.29) is 16.9 Å². The molecule has 5 nitrogen and oxygen atoms in total. The summed E-state index contributed by atoms with van der Waals surface area (Å²) in [5, 5.41) is 4.03. The van der Waals surface area contributed by atoms with Crippen LogP contribution in [0.2, 0.25) is 0 Å². The standard InChI is InChI=1S/C19H28N2O3/c1-7-19(6)14-8-9-21(16(22)23-17(2,3)4)12-18(14,5)10-13-11-20-24-15(13)19/h8,11H,7,9-10,12H2,1-6H3/t18-,19-/m0/s1. The van der Waals surface area contributed by atoms with Crippen molar-refractivity contribution in [1.82, 2.24) is 10.1 Å². The van der Waals surface area contributed by atoms with Gasteiger partial charge in [0.15, 0.2) is 0 Å². The van der Waals surface area contributed by atoms with Crippen LogP contribution in [0.15, 0.2) is 22.4 Å². The Morgan fingerprint density at radius 2 is 2.12 bits per heavy atom. The Morgan fingerprint density at radius 1 is 1.42 bits per heavy atom. The Kier molecular flexibility index (Phi) is 3.81. The highest BCUT2D eigenvalue weighted by atomic mass is 16.6. The number of amides is 1. The van der Waals surface area contributed by atoms with Gasteiger partial charge in [0.2, 0.25) is 0 Å². The summed E-state index contributed by atoms with van der Waals surface area (Å²) in [6.07, 6.45) is 5.57. The van der Waals surface area contributed by atoms with Crippen LogP contribution < -0.4 is 0 Å². The molecule has 0 N–H and O–H groups in total. The minimum Gasteiger partial charge on any atom is -0.444 e. The highest BCUT2D eigenvalue weighted by Crippen LogP contribution is 2.53. The predicted molar refractivity (Wildman–Crippen MR) is 91.8 cm³/mol. The molecule has 1 amide bonds. The molecule has 132 valence electrons. The molecule has 0 saturated carbocycles. The van der Waals surface area contributed by atoms with E-state index in [0.717, 1.165) is 24.2 Å². The van der Waals surface area contributed by atoms with Crippen LogP contribution in [0.4, 0.5) is 4.79 Å². The van der Waals surface area contributed by atoms with Crippen LogP contribution in [0.25, 0.3) is 0 Å². The molecule has 0 spiro atoms. The van der Waals surface area contributed by atoms with Gasteiger partial charge in [0.25, 0.3) is 0 Å². The van der Waals surface area contributed by atoms with Crippen molar-refractivity contribution in [2.45, 2.75) is 65.4 Å². The number of hydrogen-bond acceptors (Lipinski definition) is 4. The molecule has 0 saturated heterocycles. The largest absolute Gasteiger partial charge is 0.444 e. The lowest BCUT2D eigenvalue weighted by Crippen LogP contribution is -2.52. The molecule has 1 aliphatic heterocycles. The number of ether oxygens (including phenoxy) is 1. The van der Waals surface area contributed by atoms with E-state index in [9.17, 15) is 4.79 Å². The first kappa shape index (κ1) is 17.1. The second-order valence-corrected chi connectivity index (χ2v) is 8.58. The highest BCUT2D eigenvalue weighted by molar-refractivity contribution is 5.69. The van der Waals surface area contributed by atoms with Crippen LogP contribution in [-0.4, -0.2) is 34.8 Å². The van der Waals surface area contributed by atoms with Gasteiger partial charge in [-0.1, -0.05) is 30.7 Å². The van der Waals surface area contributed by atoms with Gasteiger partial charge in [0.05, 0.1) is 6.20 Å². The third kappa shape index (κ3) is 2.64. The quantitative estimate of drug-likeness (QED) is 0.727. The third-order valence-electron chi connectivity index (χ3n) is 5.39. The molecule has 2 aliphatic rings. The monoisotopic (exact) mass is 332 g/mol. The number of carbonyl (C=O) groups is 1. The van der Waals surface area contributed by atoms with Crippen LogP contribution in [0.3, 0.4) is 0 Å². The predicted octanol–water partition coefficient (Wildman–Crippen LogP) is 4.08. The topological polar surface area (TPSA) is 55.6 Å². The van der Waals surface area contributed by atoms with E-state index in [1.54, 1.807) is 0 Å². The number of nitrogens with zero attached hydrogens (tertiary/aromatic N) is 2. The zero-order valence-electron chi connectivity index (χ0n) is 15.6. The molecule has 1 aromatic rings. The first-order chi connectivity index (χ1) is 11.1. The van der Waals surface area contributed by atoms with E-state index < -0.39 is 5.60 Å². The smallest absolute Gasteiger partial charge is 0.410 e. The first-order valence-corrected chi connectivity index (χ1v) is 8.72. The normalized spacial score (nSPS) is 29.6. The zero-order chi connectivity index (χ0) is 17.8. The molecule has 24 heavy (non-hydrogen) atoms. The Hall–Kier alpha value is -1.78. The Bertz CT molecular complexity index is 685. The van der Waals surface area contributed by atoms with Crippen molar-refractivity contribution in [2.75, 3.05) is 13.1 Å². The van der Waals surface area contributed by atoms with Gasteiger partial charge in [-0.25, -0.2) is 4.79 Å². The molecule has 0 radical (unpaired) electrons. The fourth-order valence-corrected chi connectivity index (χ4v) is 4.26. The van der Waals surface area contributed by atoms with E-state index >= 15 is 0 Å². The number of carbonyl (C=O) groups excluding carboxylic acids is 1. The molecule has 1 aliphatic carbocycles. The van der Waals surface area contributed by atoms with Gasteiger partial charge in [0, 0.05) is 29.5 Å². The second kappa shape index (κ2) is 5.36. The summed E-state index contributed by atoms with van der Waals surface area (Å²) in [5.41, 5.74) is 1.78. The minimum atomic E-state index is -0.478. The molecular formula is C19H28N2O3. The summed E-state index contributed by atoms with van der Waals surface area (Å²) in [4.78, 5) is 14.3. The summed E-state index contributed by atoms with van der Waals surface area (Å²) in [5.74, 6) is 0.986. The van der Waals surface area contributed by atoms with Crippen molar-refractivity contribution in [1.29, 1.82) is 0 Å². The van der Waals surface area contributed by atoms with Crippen LogP contribution >= 0.6 is 0 Å². The lowest BCUT2D eigenvalue weighted by molar-refractivity contribution is 0.0173. The van der Waals surface area contributed by atoms with E-state index in [2.05, 4.69) is 32.0 Å². The van der Waals surface area contributed by atoms with Gasteiger partial charge in [-0.05, 0) is 40.5 Å². The second-order valence-electron chi connectivity index (χ2n) is 8.58. The summed E-state index contributed by atoms with van der Waals surface area (Å²) < 4.78 is 11.2. The molecule has 0 fully saturated rings. The summed E-state index contributed by atoms with van der Waals surface area (Å²) in [6.45, 7) is 13.6. The molecule has 0 aromatic carbocycles. The number of rotatable bonds is 1. The number of hydrogen-bond donors (Lipinski definition) is 0. The summed E-state index contributed by atoms with van der Waals surface area (Å²) in [7, 11) is 0. The van der Waals surface area contributed by atoms with Crippen molar-refractivity contribution in [3.05, 3.63) is 29.2 Å². The van der Waals surface area contributed by atoms with Crippen molar-refractivity contribution >= 4 is 6.09 Å². The van der Waals surface area contributed by atoms with E-state index in [1.165, 1.54) is 5.57 Å². The Morgan fingerprint density at radius 3 is 2.75 bits per heavy atom. The Labute approximate surface area is 144 Å². The van der Waals surface area contributed by atoms with Crippen molar-refractivity contribution in [3.8, 4) is 0 Å². The van der Waals surface area contributed by atoms with Crippen LogP contribution in [-0.2, 0) is 16.6 Å². The summed E-state index contributed by atoms with van der Waals surface area (Å²) in [6, 6.07) is 0. The number of aromatic nitrogens is 1. The maximum absolute atomic E-state index is 12.5. The van der Waals surface area contributed by atoms with E-state index in [4.69, 9.17) is 9.26 Å². The average Bonchev–Trinajstić information content (AvgIpc) is 2.92. The van der Waals surface area contributed by atoms with Crippen molar-refractivity contribution in [2.24, 2.45) is 5.41 Å². The lowest BCUT2D eigenvalue weighted by Gasteiger charge is -2.50. The van der Waals surface area contributed by atoms with Gasteiger partial charge in [-0.3, -0.25) is 0 Å². The van der Waals surface area contributed by atoms with Crippen LogP contribution in [0.1, 0.15) is 59.3 Å². The molecule has 0 unspecified atom stereocenters.